The van der Waals surface area contributed by atoms with Crippen LogP contribution in [0.25, 0.3) is 20.8 Å². The van der Waals surface area contributed by atoms with Gasteiger partial charge in [-0.1, -0.05) is 0 Å². The summed E-state index contributed by atoms with van der Waals surface area (Å²) in [6, 6.07) is 7.33. The molecule has 3 aromatic rings. The minimum absolute atomic E-state index is 0.0400. The molecule has 2 aromatic heterocycles. The third-order valence-electron chi connectivity index (χ3n) is 3.31. The second-order valence-corrected chi connectivity index (χ2v) is 6.28. The van der Waals surface area contributed by atoms with Gasteiger partial charge in [-0.15, -0.1) is 11.3 Å². The predicted molar refractivity (Wildman–Crippen MR) is 96.7 cm³/mol. The standard InChI is InChI=1S/C17H16N4O3S/c1-10(22)20-12-5-11(7-19-8-12)17-21-14-6-13(3-4-15(14)25-17)24-9-16(23)18-2/h3-8H,9H2,1-2H3,(H,18,23)(H,20,22). The molecule has 7 nitrogen and oxygen atoms in total. The van der Waals surface area contributed by atoms with Gasteiger partial charge in [0, 0.05) is 31.8 Å². The lowest BCUT2D eigenvalue weighted by molar-refractivity contribution is -0.122. The molecule has 0 atom stereocenters. The van der Waals surface area contributed by atoms with Gasteiger partial charge in [0.05, 0.1) is 22.1 Å². The number of pyridine rings is 1. The van der Waals surface area contributed by atoms with Crippen molar-refractivity contribution in [2.75, 3.05) is 19.0 Å². The minimum atomic E-state index is -0.195. The Balaban J connectivity index is 1.86. The number of rotatable bonds is 5. The van der Waals surface area contributed by atoms with Gasteiger partial charge in [0.15, 0.2) is 6.61 Å². The molecule has 8 heteroatoms. The van der Waals surface area contributed by atoms with Gasteiger partial charge in [-0.2, -0.15) is 0 Å². The number of hydrogen-bond donors (Lipinski definition) is 2. The van der Waals surface area contributed by atoms with E-state index in [0.717, 1.165) is 20.8 Å². The smallest absolute Gasteiger partial charge is 0.257 e. The fraction of sp³-hybridized carbons (Fsp3) is 0.176. The third kappa shape index (κ3) is 4.10. The number of aromatic nitrogens is 2. The second-order valence-electron chi connectivity index (χ2n) is 5.25. The summed E-state index contributed by atoms with van der Waals surface area (Å²) in [5.74, 6) is 0.235. The van der Waals surface area contributed by atoms with Gasteiger partial charge in [0.1, 0.15) is 10.8 Å². The van der Waals surface area contributed by atoms with Crippen LogP contribution in [0.4, 0.5) is 5.69 Å². The number of nitrogens with zero attached hydrogens (tertiary/aromatic N) is 2. The summed E-state index contributed by atoms with van der Waals surface area (Å²) in [6.45, 7) is 1.41. The Morgan fingerprint density at radius 3 is 2.84 bits per heavy atom. The van der Waals surface area contributed by atoms with Crippen LogP contribution < -0.4 is 15.4 Å². The molecule has 2 N–H and O–H groups in total. The Hall–Kier alpha value is -3.00. The Bertz CT molecular complexity index is 939. The van der Waals surface area contributed by atoms with E-state index in [-0.39, 0.29) is 18.4 Å². The summed E-state index contributed by atoms with van der Waals surface area (Å²) >= 11 is 1.52. The van der Waals surface area contributed by atoms with Crippen molar-refractivity contribution in [3.05, 3.63) is 36.7 Å². The van der Waals surface area contributed by atoms with E-state index in [4.69, 9.17) is 4.74 Å². The molecule has 0 fully saturated rings. The van der Waals surface area contributed by atoms with Crippen LogP contribution in [0.15, 0.2) is 36.7 Å². The number of likely N-dealkylation sites (N-methyl/N-ethyl adjacent to an activating group) is 1. The molecular weight excluding hydrogens is 340 g/mol. The van der Waals surface area contributed by atoms with Crippen LogP contribution in [0.2, 0.25) is 0 Å². The van der Waals surface area contributed by atoms with Gasteiger partial charge in [-0.05, 0) is 18.2 Å². The van der Waals surface area contributed by atoms with Crippen LogP contribution in [0.3, 0.4) is 0 Å². The number of carbonyl (C=O) groups excluding carboxylic acids is 2. The highest BCUT2D eigenvalue weighted by atomic mass is 32.1. The zero-order valence-corrected chi connectivity index (χ0v) is 14.5. The maximum atomic E-state index is 11.3. The first-order valence-electron chi connectivity index (χ1n) is 7.52. The number of ether oxygens (including phenoxy) is 1. The van der Waals surface area contributed by atoms with Crippen LogP contribution in [0.1, 0.15) is 6.92 Å². The van der Waals surface area contributed by atoms with Crippen molar-refractivity contribution in [3.63, 3.8) is 0 Å². The van der Waals surface area contributed by atoms with Crippen molar-refractivity contribution < 1.29 is 14.3 Å². The first-order valence-corrected chi connectivity index (χ1v) is 8.34. The average molecular weight is 356 g/mol. The van der Waals surface area contributed by atoms with Crippen molar-refractivity contribution in [1.29, 1.82) is 0 Å². The number of anilines is 1. The molecule has 2 heterocycles. The molecule has 0 bridgehead atoms. The quantitative estimate of drug-likeness (QED) is 0.732. The summed E-state index contributed by atoms with van der Waals surface area (Å²) < 4.78 is 6.43. The number of nitrogens with one attached hydrogen (secondary N) is 2. The molecule has 0 aliphatic carbocycles. The molecule has 2 amide bonds. The first kappa shape index (κ1) is 16.8. The van der Waals surface area contributed by atoms with Crippen LogP contribution in [0, 0.1) is 0 Å². The zero-order chi connectivity index (χ0) is 17.8. The van der Waals surface area contributed by atoms with Gasteiger partial charge in [-0.25, -0.2) is 4.98 Å². The summed E-state index contributed by atoms with van der Waals surface area (Å²) in [5.41, 5.74) is 2.22. The Morgan fingerprint density at radius 2 is 2.08 bits per heavy atom. The van der Waals surface area contributed by atoms with Gasteiger partial charge in [0.2, 0.25) is 5.91 Å². The molecule has 0 radical (unpaired) electrons. The summed E-state index contributed by atoms with van der Waals surface area (Å²) in [5, 5.41) is 6.00. The molecule has 0 saturated heterocycles. The SMILES string of the molecule is CNC(=O)COc1ccc2sc(-c3cncc(NC(C)=O)c3)nc2c1. The highest BCUT2D eigenvalue weighted by Gasteiger charge is 2.09. The average Bonchev–Trinajstić information content (AvgIpc) is 3.02. The van der Waals surface area contributed by atoms with E-state index in [1.165, 1.54) is 18.3 Å². The van der Waals surface area contributed by atoms with Crippen molar-refractivity contribution >= 4 is 39.1 Å². The number of carbonyl (C=O) groups is 2. The van der Waals surface area contributed by atoms with Gasteiger partial charge < -0.3 is 15.4 Å². The topological polar surface area (TPSA) is 93.2 Å². The second kappa shape index (κ2) is 7.27. The maximum absolute atomic E-state index is 11.3. The normalized spacial score (nSPS) is 10.5. The number of thiazole rings is 1. The fourth-order valence-corrected chi connectivity index (χ4v) is 3.10. The lowest BCUT2D eigenvalue weighted by Crippen LogP contribution is -2.24. The molecule has 128 valence electrons. The van der Waals surface area contributed by atoms with Gasteiger partial charge in [-0.3, -0.25) is 14.6 Å². The Morgan fingerprint density at radius 1 is 1.24 bits per heavy atom. The van der Waals surface area contributed by atoms with E-state index in [1.807, 2.05) is 12.1 Å². The molecule has 0 spiro atoms. The monoisotopic (exact) mass is 356 g/mol. The first-order chi connectivity index (χ1) is 12.0. The molecule has 0 unspecified atom stereocenters. The third-order valence-corrected chi connectivity index (χ3v) is 4.40. The number of amides is 2. The highest BCUT2D eigenvalue weighted by Crippen LogP contribution is 2.32. The van der Waals surface area contributed by atoms with Crippen LogP contribution in [-0.4, -0.2) is 35.4 Å². The molecule has 3 rings (SSSR count). The predicted octanol–water partition coefficient (Wildman–Crippen LogP) is 2.44. The number of fused-ring (bicyclic) bond motifs is 1. The molecular formula is C17H16N4O3S. The fourth-order valence-electron chi connectivity index (χ4n) is 2.17. The van der Waals surface area contributed by atoms with E-state index in [1.54, 1.807) is 31.6 Å². The maximum Gasteiger partial charge on any atom is 0.257 e. The molecule has 0 aliphatic heterocycles. The Labute approximate surface area is 148 Å². The minimum Gasteiger partial charge on any atom is -0.484 e. The van der Waals surface area contributed by atoms with Crippen molar-refractivity contribution in [2.24, 2.45) is 0 Å². The highest BCUT2D eigenvalue weighted by molar-refractivity contribution is 7.21. The summed E-state index contributed by atoms with van der Waals surface area (Å²) in [7, 11) is 1.56. The zero-order valence-electron chi connectivity index (χ0n) is 13.7. The van der Waals surface area contributed by atoms with Crippen molar-refractivity contribution in [1.82, 2.24) is 15.3 Å². The molecule has 1 aromatic carbocycles. The number of benzene rings is 1. The van der Waals surface area contributed by atoms with E-state index >= 15 is 0 Å². The van der Waals surface area contributed by atoms with E-state index in [0.29, 0.717) is 11.4 Å². The van der Waals surface area contributed by atoms with Crippen LogP contribution in [0.5, 0.6) is 5.75 Å². The van der Waals surface area contributed by atoms with Gasteiger partial charge >= 0.3 is 0 Å². The Kier molecular flexibility index (Phi) is 4.90. The van der Waals surface area contributed by atoms with Gasteiger partial charge in [0.25, 0.3) is 5.91 Å². The molecule has 25 heavy (non-hydrogen) atoms. The van der Waals surface area contributed by atoms with E-state index in [9.17, 15) is 9.59 Å². The van der Waals surface area contributed by atoms with Crippen LogP contribution in [-0.2, 0) is 9.59 Å². The summed E-state index contributed by atoms with van der Waals surface area (Å²) in [4.78, 5) is 31.2. The summed E-state index contributed by atoms with van der Waals surface area (Å²) in [6.07, 6.45) is 3.29. The largest absolute Gasteiger partial charge is 0.484 e. The molecule has 0 saturated carbocycles. The van der Waals surface area contributed by atoms with Crippen molar-refractivity contribution in [2.45, 2.75) is 6.92 Å². The van der Waals surface area contributed by atoms with Crippen LogP contribution >= 0.6 is 11.3 Å². The lowest BCUT2D eigenvalue weighted by atomic mass is 10.2. The van der Waals surface area contributed by atoms with E-state index < -0.39 is 0 Å². The lowest BCUT2D eigenvalue weighted by Gasteiger charge is -2.04. The van der Waals surface area contributed by atoms with Crippen molar-refractivity contribution in [3.8, 4) is 16.3 Å². The number of hydrogen-bond acceptors (Lipinski definition) is 6. The molecule has 0 aliphatic rings. The van der Waals surface area contributed by atoms with E-state index in [2.05, 4.69) is 20.6 Å².